The number of aryl methyl sites for hydroxylation is 2. The quantitative estimate of drug-likeness (QED) is 0.778. The van der Waals surface area contributed by atoms with E-state index in [4.69, 9.17) is 17.3 Å². The summed E-state index contributed by atoms with van der Waals surface area (Å²) < 4.78 is 1.95. The van der Waals surface area contributed by atoms with Crippen molar-refractivity contribution in [1.82, 2.24) is 9.78 Å². The largest absolute Gasteiger partial charge is 0.327 e. The second-order valence-electron chi connectivity index (χ2n) is 3.87. The van der Waals surface area contributed by atoms with Gasteiger partial charge >= 0.3 is 0 Å². The van der Waals surface area contributed by atoms with Gasteiger partial charge in [0.2, 0.25) is 0 Å². The Morgan fingerprint density at radius 3 is 2.75 bits per heavy atom. The lowest BCUT2D eigenvalue weighted by molar-refractivity contribution is 0.577. The molecule has 90 valence electrons. The van der Waals surface area contributed by atoms with Gasteiger partial charge in [0.25, 0.3) is 0 Å². The number of nitrogens with zero attached hydrogens (tertiary/aromatic N) is 2. The first-order valence-electron chi connectivity index (χ1n) is 5.74. The average Bonchev–Trinajstić information content (AvgIpc) is 2.56. The van der Waals surface area contributed by atoms with Crippen LogP contribution in [0.2, 0.25) is 5.02 Å². The Bertz CT molecular complexity index is 357. The summed E-state index contributed by atoms with van der Waals surface area (Å²) in [4.78, 5) is 0. The van der Waals surface area contributed by atoms with Gasteiger partial charge in [0, 0.05) is 19.0 Å². The molecule has 0 bridgehead atoms. The molecule has 0 aromatic carbocycles. The summed E-state index contributed by atoms with van der Waals surface area (Å²) in [6.07, 6.45) is 4.25. The Morgan fingerprint density at radius 1 is 1.56 bits per heavy atom. The topological polar surface area (TPSA) is 43.8 Å². The molecule has 0 saturated heterocycles. The van der Waals surface area contributed by atoms with Crippen LogP contribution in [0.5, 0.6) is 0 Å². The molecule has 1 atom stereocenters. The highest BCUT2D eigenvalue weighted by Gasteiger charge is 2.16. The van der Waals surface area contributed by atoms with Crippen LogP contribution < -0.4 is 5.73 Å². The summed E-state index contributed by atoms with van der Waals surface area (Å²) in [5.74, 6) is 0. The molecule has 1 heterocycles. The fourth-order valence-electron chi connectivity index (χ4n) is 1.76. The van der Waals surface area contributed by atoms with Crippen molar-refractivity contribution in [2.24, 2.45) is 5.73 Å². The Labute approximate surface area is 102 Å². The van der Waals surface area contributed by atoms with E-state index < -0.39 is 0 Å². The van der Waals surface area contributed by atoms with Crippen LogP contribution in [0.25, 0.3) is 0 Å². The van der Waals surface area contributed by atoms with E-state index >= 15 is 0 Å². The van der Waals surface area contributed by atoms with Crippen molar-refractivity contribution in [3.8, 4) is 0 Å². The highest BCUT2D eigenvalue weighted by atomic mass is 35.5. The van der Waals surface area contributed by atoms with Gasteiger partial charge in [-0.25, -0.2) is 0 Å². The van der Waals surface area contributed by atoms with E-state index in [1.807, 2.05) is 10.8 Å². The van der Waals surface area contributed by atoms with Crippen molar-refractivity contribution in [1.29, 1.82) is 0 Å². The van der Waals surface area contributed by atoms with Crippen LogP contribution in [0.4, 0.5) is 0 Å². The Kier molecular flexibility index (Phi) is 5.03. The van der Waals surface area contributed by atoms with E-state index in [1.165, 1.54) is 0 Å². The molecule has 1 aromatic heterocycles. The van der Waals surface area contributed by atoms with Gasteiger partial charge in [-0.05, 0) is 19.8 Å². The molecule has 0 aliphatic rings. The number of halogens is 1. The van der Waals surface area contributed by atoms with Crippen LogP contribution in [-0.2, 0) is 19.4 Å². The van der Waals surface area contributed by atoms with E-state index in [0.717, 1.165) is 42.2 Å². The molecule has 0 radical (unpaired) electrons. The van der Waals surface area contributed by atoms with Crippen LogP contribution in [0.1, 0.15) is 31.7 Å². The summed E-state index contributed by atoms with van der Waals surface area (Å²) in [5, 5.41) is 5.24. The predicted octanol–water partition coefficient (Wildman–Crippen LogP) is 2.56. The zero-order valence-electron chi connectivity index (χ0n) is 10.0. The third-order valence-electron chi connectivity index (χ3n) is 2.62. The maximum atomic E-state index is 6.29. The Morgan fingerprint density at radius 2 is 2.25 bits per heavy atom. The molecular weight excluding hydrogens is 222 g/mol. The molecule has 0 aliphatic carbocycles. The first-order chi connectivity index (χ1) is 7.63. The molecule has 16 heavy (non-hydrogen) atoms. The van der Waals surface area contributed by atoms with Crippen molar-refractivity contribution in [3.63, 3.8) is 0 Å². The van der Waals surface area contributed by atoms with Gasteiger partial charge in [-0.15, -0.1) is 6.58 Å². The van der Waals surface area contributed by atoms with Crippen molar-refractivity contribution in [3.05, 3.63) is 29.1 Å². The van der Waals surface area contributed by atoms with Gasteiger partial charge in [0.1, 0.15) is 0 Å². The average molecular weight is 242 g/mol. The lowest BCUT2D eigenvalue weighted by atomic mass is 10.1. The summed E-state index contributed by atoms with van der Waals surface area (Å²) in [6.45, 7) is 8.64. The maximum Gasteiger partial charge on any atom is 0.0850 e. The van der Waals surface area contributed by atoms with Gasteiger partial charge < -0.3 is 5.73 Å². The highest BCUT2D eigenvalue weighted by Crippen LogP contribution is 2.23. The number of nitrogens with two attached hydrogens (primary N) is 1. The van der Waals surface area contributed by atoms with Crippen molar-refractivity contribution in [2.45, 2.75) is 45.7 Å². The van der Waals surface area contributed by atoms with E-state index in [9.17, 15) is 0 Å². The molecule has 3 nitrogen and oxygen atoms in total. The van der Waals surface area contributed by atoms with Gasteiger partial charge in [0.05, 0.1) is 16.4 Å². The first kappa shape index (κ1) is 13.3. The highest BCUT2D eigenvalue weighted by molar-refractivity contribution is 6.31. The van der Waals surface area contributed by atoms with Crippen LogP contribution in [0.15, 0.2) is 12.7 Å². The number of rotatable bonds is 6. The van der Waals surface area contributed by atoms with Crippen LogP contribution in [0, 0.1) is 0 Å². The number of aromatic nitrogens is 2. The number of hydrogen-bond acceptors (Lipinski definition) is 2. The summed E-state index contributed by atoms with van der Waals surface area (Å²) in [6, 6.07) is 0.0710. The zero-order valence-corrected chi connectivity index (χ0v) is 10.8. The standard InChI is InChI=1S/C12H20ClN3/c1-4-7-9(14)8-11-12(13)10(5-2)15-16(11)6-3/h4,9H,1,5-8,14H2,2-3H3. The fourth-order valence-corrected chi connectivity index (χ4v) is 2.10. The molecule has 2 N–H and O–H groups in total. The van der Waals surface area contributed by atoms with Crippen molar-refractivity contribution >= 4 is 11.6 Å². The van der Waals surface area contributed by atoms with Crippen LogP contribution >= 0.6 is 11.6 Å². The monoisotopic (exact) mass is 241 g/mol. The number of hydrogen-bond donors (Lipinski definition) is 1. The molecule has 4 heteroatoms. The normalized spacial score (nSPS) is 12.8. The molecular formula is C12H20ClN3. The van der Waals surface area contributed by atoms with Gasteiger partial charge in [-0.2, -0.15) is 5.10 Å². The summed E-state index contributed by atoms with van der Waals surface area (Å²) in [5.41, 5.74) is 8.00. The van der Waals surface area contributed by atoms with Gasteiger partial charge in [-0.1, -0.05) is 24.6 Å². The Hall–Kier alpha value is -0.800. The van der Waals surface area contributed by atoms with Gasteiger partial charge in [-0.3, -0.25) is 4.68 Å². The molecule has 0 amide bonds. The minimum atomic E-state index is 0.0710. The second kappa shape index (κ2) is 6.06. The van der Waals surface area contributed by atoms with Crippen LogP contribution in [0.3, 0.4) is 0 Å². The lowest BCUT2D eigenvalue weighted by Gasteiger charge is -2.10. The van der Waals surface area contributed by atoms with E-state index in [-0.39, 0.29) is 6.04 Å². The fraction of sp³-hybridized carbons (Fsp3) is 0.583. The zero-order chi connectivity index (χ0) is 12.1. The third kappa shape index (κ3) is 2.86. The van der Waals surface area contributed by atoms with Crippen LogP contribution in [-0.4, -0.2) is 15.8 Å². The SMILES string of the molecule is C=CCC(N)Cc1c(Cl)c(CC)nn1CC. The van der Waals surface area contributed by atoms with Gasteiger partial charge in [0.15, 0.2) is 0 Å². The van der Waals surface area contributed by atoms with E-state index in [0.29, 0.717) is 0 Å². The van der Waals surface area contributed by atoms with E-state index in [2.05, 4.69) is 25.5 Å². The second-order valence-corrected chi connectivity index (χ2v) is 4.24. The minimum Gasteiger partial charge on any atom is -0.327 e. The predicted molar refractivity (Wildman–Crippen MR) is 68.8 cm³/mol. The molecule has 0 saturated carbocycles. The molecule has 0 fully saturated rings. The Balaban J connectivity index is 2.92. The van der Waals surface area contributed by atoms with Crippen molar-refractivity contribution < 1.29 is 0 Å². The molecule has 1 rings (SSSR count). The molecule has 1 unspecified atom stereocenters. The molecule has 1 aromatic rings. The molecule has 0 spiro atoms. The molecule has 0 aliphatic heterocycles. The lowest BCUT2D eigenvalue weighted by Crippen LogP contribution is -2.23. The minimum absolute atomic E-state index is 0.0710. The van der Waals surface area contributed by atoms with Crippen molar-refractivity contribution in [2.75, 3.05) is 0 Å². The first-order valence-corrected chi connectivity index (χ1v) is 6.12. The summed E-state index contributed by atoms with van der Waals surface area (Å²) in [7, 11) is 0. The summed E-state index contributed by atoms with van der Waals surface area (Å²) >= 11 is 6.29. The van der Waals surface area contributed by atoms with E-state index in [1.54, 1.807) is 0 Å². The third-order valence-corrected chi connectivity index (χ3v) is 3.06. The maximum absolute atomic E-state index is 6.29. The smallest absolute Gasteiger partial charge is 0.0850 e.